The van der Waals surface area contributed by atoms with E-state index < -0.39 is 0 Å². The first-order valence-electron chi connectivity index (χ1n) is 8.71. The molecule has 1 N–H and O–H groups in total. The molecular formula is C18H23N5O2. The highest BCUT2D eigenvalue weighted by atomic mass is 16.5. The quantitative estimate of drug-likeness (QED) is 0.916. The van der Waals surface area contributed by atoms with E-state index in [4.69, 9.17) is 4.74 Å². The smallest absolute Gasteiger partial charge is 0.228 e. The number of amides is 1. The summed E-state index contributed by atoms with van der Waals surface area (Å²) in [6.45, 7) is 5.11. The number of nitrogens with one attached hydrogen (secondary N) is 1. The Balaban J connectivity index is 1.40. The minimum absolute atomic E-state index is 0.0301. The number of nitrogens with zero attached hydrogens (tertiary/aromatic N) is 4. The first-order chi connectivity index (χ1) is 12.1. The molecule has 132 valence electrons. The molecule has 2 aromatic rings. The second-order valence-corrected chi connectivity index (χ2v) is 6.79. The molecule has 25 heavy (non-hydrogen) atoms. The predicted molar refractivity (Wildman–Crippen MR) is 94.7 cm³/mol. The zero-order valence-electron chi connectivity index (χ0n) is 14.6. The summed E-state index contributed by atoms with van der Waals surface area (Å²) in [5, 5.41) is 7.22. The van der Waals surface area contributed by atoms with Crippen LogP contribution >= 0.6 is 0 Å². The number of hydrogen-bond donors (Lipinski definition) is 1. The molecule has 0 bridgehead atoms. The van der Waals surface area contributed by atoms with Crippen LogP contribution in [0.5, 0.6) is 0 Å². The number of carbonyl (C=O) groups is 1. The van der Waals surface area contributed by atoms with Crippen molar-refractivity contribution in [3.63, 3.8) is 0 Å². The third kappa shape index (κ3) is 3.37. The minimum Gasteiger partial charge on any atom is -0.378 e. The fraction of sp³-hybridized carbons (Fsp3) is 0.500. The lowest BCUT2D eigenvalue weighted by Gasteiger charge is -2.28. The van der Waals surface area contributed by atoms with Crippen LogP contribution in [0.2, 0.25) is 0 Å². The Kier molecular flexibility index (Phi) is 4.17. The molecule has 3 heterocycles. The van der Waals surface area contributed by atoms with Crippen LogP contribution in [0.1, 0.15) is 23.6 Å². The molecule has 7 heteroatoms. The van der Waals surface area contributed by atoms with Crippen LogP contribution in [-0.2, 0) is 16.6 Å². The van der Waals surface area contributed by atoms with Crippen molar-refractivity contribution in [3.05, 3.63) is 35.8 Å². The number of aromatic nitrogens is 3. The van der Waals surface area contributed by atoms with Gasteiger partial charge in [-0.1, -0.05) is 0 Å². The van der Waals surface area contributed by atoms with Gasteiger partial charge in [0.25, 0.3) is 0 Å². The summed E-state index contributed by atoms with van der Waals surface area (Å²) in [5.74, 6) is 1.33. The Labute approximate surface area is 147 Å². The highest BCUT2D eigenvalue weighted by molar-refractivity contribution is 5.95. The predicted octanol–water partition coefficient (Wildman–Crippen LogP) is 1.70. The topological polar surface area (TPSA) is 72.3 Å². The molecule has 2 aromatic heterocycles. The maximum atomic E-state index is 12.5. The summed E-state index contributed by atoms with van der Waals surface area (Å²) in [6, 6.07) is 3.92. The lowest BCUT2D eigenvalue weighted by molar-refractivity contribution is -0.117. The fourth-order valence-electron chi connectivity index (χ4n) is 3.36. The lowest BCUT2D eigenvalue weighted by Crippen LogP contribution is -2.36. The molecule has 2 atom stereocenters. The van der Waals surface area contributed by atoms with Gasteiger partial charge >= 0.3 is 0 Å². The van der Waals surface area contributed by atoms with Gasteiger partial charge in [0.05, 0.1) is 30.8 Å². The number of anilines is 2. The van der Waals surface area contributed by atoms with Crippen LogP contribution in [0.25, 0.3) is 0 Å². The molecule has 1 aliphatic carbocycles. The number of rotatable bonds is 4. The van der Waals surface area contributed by atoms with E-state index >= 15 is 0 Å². The van der Waals surface area contributed by atoms with E-state index in [1.165, 1.54) is 0 Å². The van der Waals surface area contributed by atoms with Gasteiger partial charge in [-0.25, -0.2) is 4.98 Å². The largest absolute Gasteiger partial charge is 0.378 e. The van der Waals surface area contributed by atoms with Crippen molar-refractivity contribution in [1.82, 2.24) is 14.8 Å². The number of ether oxygens (including phenoxy) is 1. The van der Waals surface area contributed by atoms with Crippen molar-refractivity contribution in [2.45, 2.75) is 19.3 Å². The van der Waals surface area contributed by atoms with Gasteiger partial charge in [-0.2, -0.15) is 5.10 Å². The number of carbonyl (C=O) groups excluding carboxylic acids is 1. The summed E-state index contributed by atoms with van der Waals surface area (Å²) in [6.07, 6.45) is 4.72. The van der Waals surface area contributed by atoms with Gasteiger partial charge in [-0.3, -0.25) is 9.48 Å². The maximum Gasteiger partial charge on any atom is 0.228 e. The Bertz CT molecular complexity index is 782. The Morgan fingerprint density at radius 1 is 1.32 bits per heavy atom. The molecule has 1 amide bonds. The Morgan fingerprint density at radius 3 is 2.80 bits per heavy atom. The Hall–Kier alpha value is -2.41. The van der Waals surface area contributed by atoms with Gasteiger partial charge in [-0.15, -0.1) is 0 Å². The van der Waals surface area contributed by atoms with Gasteiger partial charge < -0.3 is 15.0 Å². The van der Waals surface area contributed by atoms with Crippen LogP contribution in [0, 0.1) is 12.8 Å². The molecule has 1 aliphatic heterocycles. The molecule has 0 aromatic carbocycles. The van der Waals surface area contributed by atoms with E-state index in [2.05, 4.69) is 20.3 Å². The van der Waals surface area contributed by atoms with E-state index in [0.29, 0.717) is 0 Å². The molecule has 1 saturated carbocycles. The second-order valence-electron chi connectivity index (χ2n) is 6.79. The first-order valence-corrected chi connectivity index (χ1v) is 8.71. The molecule has 4 rings (SSSR count). The summed E-state index contributed by atoms with van der Waals surface area (Å²) >= 11 is 0. The minimum atomic E-state index is 0.0301. The summed E-state index contributed by atoms with van der Waals surface area (Å²) < 4.78 is 7.16. The van der Waals surface area contributed by atoms with E-state index in [1.807, 2.05) is 38.5 Å². The zero-order chi connectivity index (χ0) is 17.4. The van der Waals surface area contributed by atoms with Crippen molar-refractivity contribution in [2.75, 3.05) is 36.5 Å². The SMILES string of the molecule is Cc1nc(N2CCOCC2)ccc1NC(=O)[C@@H]1C[C@H]1c1cnn(C)c1. The van der Waals surface area contributed by atoms with E-state index in [1.54, 1.807) is 4.68 Å². The third-order valence-electron chi connectivity index (χ3n) is 4.94. The molecule has 7 nitrogen and oxygen atoms in total. The standard InChI is InChI=1S/C18H23N5O2/c1-12-16(3-4-17(20-12)23-5-7-25-8-6-23)21-18(24)15-9-14(15)13-10-19-22(2)11-13/h3-4,10-11,14-15H,5-9H2,1-2H3,(H,21,24)/t14-,15+/m0/s1. The molecule has 2 aliphatic rings. The number of aryl methyl sites for hydroxylation is 2. The number of hydrogen-bond acceptors (Lipinski definition) is 5. The zero-order valence-corrected chi connectivity index (χ0v) is 14.6. The normalized spacial score (nSPS) is 22.7. The second kappa shape index (κ2) is 6.48. The highest BCUT2D eigenvalue weighted by Gasteiger charge is 2.44. The van der Waals surface area contributed by atoms with E-state index in [0.717, 1.165) is 55.5 Å². The monoisotopic (exact) mass is 341 g/mol. The van der Waals surface area contributed by atoms with Crippen LogP contribution in [0.3, 0.4) is 0 Å². The Morgan fingerprint density at radius 2 is 2.12 bits per heavy atom. The van der Waals surface area contributed by atoms with Gasteiger partial charge in [0.1, 0.15) is 5.82 Å². The summed E-state index contributed by atoms with van der Waals surface area (Å²) in [7, 11) is 1.89. The van der Waals surface area contributed by atoms with Crippen LogP contribution in [0.15, 0.2) is 24.5 Å². The molecule has 2 fully saturated rings. The van der Waals surface area contributed by atoms with Gasteiger partial charge in [0.2, 0.25) is 5.91 Å². The van der Waals surface area contributed by atoms with Gasteiger partial charge in [0.15, 0.2) is 0 Å². The number of morpholine rings is 1. The van der Waals surface area contributed by atoms with Crippen molar-refractivity contribution < 1.29 is 9.53 Å². The average Bonchev–Trinajstić information content (AvgIpc) is 3.32. The molecule has 0 spiro atoms. The van der Waals surface area contributed by atoms with Crippen molar-refractivity contribution in [2.24, 2.45) is 13.0 Å². The molecule has 0 unspecified atom stereocenters. The molecule has 1 saturated heterocycles. The van der Waals surface area contributed by atoms with Crippen molar-refractivity contribution in [3.8, 4) is 0 Å². The van der Waals surface area contributed by atoms with E-state index in [-0.39, 0.29) is 17.7 Å². The van der Waals surface area contributed by atoms with Crippen molar-refractivity contribution in [1.29, 1.82) is 0 Å². The fourth-order valence-corrected chi connectivity index (χ4v) is 3.36. The lowest BCUT2D eigenvalue weighted by atomic mass is 10.2. The highest BCUT2D eigenvalue weighted by Crippen LogP contribution is 2.47. The maximum absolute atomic E-state index is 12.5. The summed E-state index contributed by atoms with van der Waals surface area (Å²) in [5.41, 5.74) is 2.77. The van der Waals surface area contributed by atoms with Crippen LogP contribution < -0.4 is 10.2 Å². The average molecular weight is 341 g/mol. The summed E-state index contributed by atoms with van der Waals surface area (Å²) in [4.78, 5) is 19.4. The number of pyridine rings is 1. The molecule has 0 radical (unpaired) electrons. The van der Waals surface area contributed by atoms with E-state index in [9.17, 15) is 4.79 Å². The van der Waals surface area contributed by atoms with Gasteiger partial charge in [-0.05, 0) is 37.0 Å². The molecular weight excluding hydrogens is 318 g/mol. The third-order valence-corrected chi connectivity index (χ3v) is 4.94. The van der Waals surface area contributed by atoms with Crippen molar-refractivity contribution >= 4 is 17.4 Å². The van der Waals surface area contributed by atoms with Gasteiger partial charge in [0, 0.05) is 32.3 Å². The van der Waals surface area contributed by atoms with Crippen LogP contribution in [0.4, 0.5) is 11.5 Å². The first kappa shape index (κ1) is 16.1. The van der Waals surface area contributed by atoms with Crippen LogP contribution in [-0.4, -0.2) is 47.0 Å².